The number of rotatable bonds is 8. The van der Waals surface area contributed by atoms with Crippen molar-refractivity contribution in [3.05, 3.63) is 71.9 Å². The Morgan fingerprint density at radius 1 is 1.15 bits per heavy atom. The first kappa shape index (κ1) is 18.9. The number of hydrogen-bond donors (Lipinski definition) is 2. The Bertz CT molecular complexity index is 992. The first-order chi connectivity index (χ1) is 12.9. The number of nitrogens with zero attached hydrogens (tertiary/aromatic N) is 2. The van der Waals surface area contributed by atoms with Crippen LogP contribution in [-0.2, 0) is 16.6 Å². The molecule has 0 atom stereocenters. The van der Waals surface area contributed by atoms with Gasteiger partial charge in [0.05, 0.1) is 11.4 Å². The number of carbonyl (C=O) groups excluding carboxylic acids is 1. The number of furan rings is 1. The number of sulfonamides is 1. The van der Waals surface area contributed by atoms with E-state index in [1.165, 1.54) is 0 Å². The molecule has 0 unspecified atom stereocenters. The van der Waals surface area contributed by atoms with Crippen LogP contribution in [0.1, 0.15) is 21.9 Å². The lowest BCUT2D eigenvalue weighted by Gasteiger charge is -2.07. The number of hydrogen-bond acceptors (Lipinski definition) is 5. The summed E-state index contributed by atoms with van der Waals surface area (Å²) in [6.07, 6.45) is 3.45. The highest BCUT2D eigenvalue weighted by atomic mass is 32.2. The Balaban J connectivity index is 1.47. The second-order valence-electron chi connectivity index (χ2n) is 5.94. The second kappa shape index (κ2) is 8.19. The molecule has 0 radical (unpaired) electrons. The van der Waals surface area contributed by atoms with Gasteiger partial charge in [-0.3, -0.25) is 9.48 Å². The molecule has 3 aromatic rings. The minimum atomic E-state index is -3.60. The van der Waals surface area contributed by atoms with Crippen LogP contribution >= 0.6 is 0 Å². The molecular weight excluding hydrogens is 368 g/mol. The average molecular weight is 388 g/mol. The average Bonchev–Trinajstić information content (AvgIpc) is 3.31. The summed E-state index contributed by atoms with van der Waals surface area (Å²) in [7, 11) is -3.60. The lowest BCUT2D eigenvalue weighted by Crippen LogP contribution is -2.34. The molecule has 1 aromatic carbocycles. The highest BCUT2D eigenvalue weighted by Gasteiger charge is 2.14. The summed E-state index contributed by atoms with van der Waals surface area (Å²) in [6, 6.07) is 11.6. The molecule has 3 rings (SSSR count). The lowest BCUT2D eigenvalue weighted by atomic mass is 10.2. The van der Waals surface area contributed by atoms with Gasteiger partial charge in [0.2, 0.25) is 10.0 Å². The van der Waals surface area contributed by atoms with Crippen molar-refractivity contribution in [3.63, 3.8) is 0 Å². The number of aromatic nitrogens is 2. The number of amides is 1. The maximum atomic E-state index is 12.2. The summed E-state index contributed by atoms with van der Waals surface area (Å²) in [5, 5.41) is 6.69. The van der Waals surface area contributed by atoms with Crippen LogP contribution in [0.3, 0.4) is 0 Å². The van der Waals surface area contributed by atoms with Gasteiger partial charge in [0.15, 0.2) is 5.76 Å². The Labute approximate surface area is 157 Å². The molecule has 0 saturated carbocycles. The minimum Gasteiger partial charge on any atom is -0.454 e. The van der Waals surface area contributed by atoms with E-state index in [0.29, 0.717) is 12.3 Å². The van der Waals surface area contributed by atoms with Crippen molar-refractivity contribution in [2.24, 2.45) is 0 Å². The number of nitrogens with one attached hydrogen (secondary N) is 2. The van der Waals surface area contributed by atoms with Crippen LogP contribution in [-0.4, -0.2) is 37.2 Å². The Hall–Kier alpha value is -2.91. The molecule has 142 valence electrons. The van der Waals surface area contributed by atoms with Gasteiger partial charge < -0.3 is 9.73 Å². The van der Waals surface area contributed by atoms with Crippen LogP contribution in [0.4, 0.5) is 0 Å². The van der Waals surface area contributed by atoms with Crippen LogP contribution in [0.15, 0.2) is 64.2 Å². The van der Waals surface area contributed by atoms with Gasteiger partial charge in [-0.05, 0) is 37.3 Å². The van der Waals surface area contributed by atoms with Crippen LogP contribution in [0.25, 0.3) is 0 Å². The molecule has 0 spiro atoms. The van der Waals surface area contributed by atoms with E-state index in [1.54, 1.807) is 59.5 Å². The van der Waals surface area contributed by atoms with E-state index in [0.717, 1.165) is 5.56 Å². The lowest BCUT2D eigenvalue weighted by molar-refractivity contribution is 0.0924. The zero-order valence-corrected chi connectivity index (χ0v) is 15.6. The highest BCUT2D eigenvalue weighted by Crippen LogP contribution is 2.10. The SMILES string of the molecule is Cc1ccc(S(=O)(=O)NCCNC(=O)c2ccc(Cn3cccn3)o2)cc1. The van der Waals surface area contributed by atoms with Gasteiger partial charge in [0.25, 0.3) is 5.91 Å². The molecule has 27 heavy (non-hydrogen) atoms. The highest BCUT2D eigenvalue weighted by molar-refractivity contribution is 7.89. The van der Waals surface area contributed by atoms with Crippen LogP contribution < -0.4 is 10.0 Å². The normalized spacial score (nSPS) is 11.4. The van der Waals surface area contributed by atoms with E-state index in [2.05, 4.69) is 15.1 Å². The largest absolute Gasteiger partial charge is 0.454 e. The molecule has 9 heteroatoms. The molecule has 0 aliphatic rings. The second-order valence-corrected chi connectivity index (χ2v) is 7.70. The molecule has 0 fully saturated rings. The van der Waals surface area contributed by atoms with E-state index in [-0.39, 0.29) is 23.7 Å². The standard InChI is InChI=1S/C18H20N4O4S/c1-14-3-6-16(7-4-14)27(24,25)21-11-10-19-18(23)17-8-5-15(26-17)13-22-12-2-9-20-22/h2-9,12,21H,10-11,13H2,1H3,(H,19,23). The molecule has 2 aromatic heterocycles. The Kier molecular flexibility index (Phi) is 5.72. The summed E-state index contributed by atoms with van der Waals surface area (Å²) >= 11 is 0. The molecule has 2 N–H and O–H groups in total. The topological polar surface area (TPSA) is 106 Å². The zero-order valence-electron chi connectivity index (χ0n) is 14.8. The molecule has 0 aliphatic carbocycles. The van der Waals surface area contributed by atoms with Gasteiger partial charge in [-0.15, -0.1) is 0 Å². The van der Waals surface area contributed by atoms with Gasteiger partial charge in [-0.25, -0.2) is 13.1 Å². The van der Waals surface area contributed by atoms with Gasteiger partial charge in [-0.2, -0.15) is 5.10 Å². The molecular formula is C18H20N4O4S. The van der Waals surface area contributed by atoms with E-state index < -0.39 is 15.9 Å². The molecule has 8 nitrogen and oxygen atoms in total. The van der Waals surface area contributed by atoms with Crippen LogP contribution in [0.2, 0.25) is 0 Å². The van der Waals surface area contributed by atoms with Crippen molar-refractivity contribution >= 4 is 15.9 Å². The van der Waals surface area contributed by atoms with E-state index in [4.69, 9.17) is 4.42 Å². The smallest absolute Gasteiger partial charge is 0.287 e. The van der Waals surface area contributed by atoms with E-state index in [1.807, 2.05) is 6.92 Å². The first-order valence-electron chi connectivity index (χ1n) is 8.35. The summed E-state index contributed by atoms with van der Waals surface area (Å²) < 4.78 is 33.9. The fourth-order valence-corrected chi connectivity index (χ4v) is 3.42. The zero-order chi connectivity index (χ0) is 19.3. The summed E-state index contributed by atoms with van der Waals surface area (Å²) in [5.74, 6) is 0.360. The van der Waals surface area contributed by atoms with E-state index >= 15 is 0 Å². The third-order valence-electron chi connectivity index (χ3n) is 3.80. The summed E-state index contributed by atoms with van der Waals surface area (Å²) in [6.45, 7) is 2.52. The fourth-order valence-electron chi connectivity index (χ4n) is 2.39. The molecule has 2 heterocycles. The third kappa shape index (κ3) is 5.05. The predicted molar refractivity (Wildman–Crippen MR) is 98.7 cm³/mol. The quantitative estimate of drug-likeness (QED) is 0.570. The summed E-state index contributed by atoms with van der Waals surface area (Å²) in [4.78, 5) is 12.3. The molecule has 1 amide bonds. The van der Waals surface area contributed by atoms with Gasteiger partial charge in [0.1, 0.15) is 5.76 Å². The van der Waals surface area contributed by atoms with Crippen molar-refractivity contribution in [1.82, 2.24) is 19.8 Å². The summed E-state index contributed by atoms with van der Waals surface area (Å²) in [5.41, 5.74) is 0.978. The number of aryl methyl sites for hydroxylation is 1. The fraction of sp³-hybridized carbons (Fsp3) is 0.222. The van der Waals surface area contributed by atoms with Crippen molar-refractivity contribution < 1.29 is 17.6 Å². The van der Waals surface area contributed by atoms with Gasteiger partial charge >= 0.3 is 0 Å². The maximum absolute atomic E-state index is 12.2. The number of benzene rings is 1. The van der Waals surface area contributed by atoms with Crippen molar-refractivity contribution in [3.8, 4) is 0 Å². The van der Waals surface area contributed by atoms with Crippen LogP contribution in [0, 0.1) is 6.92 Å². The minimum absolute atomic E-state index is 0.0722. The van der Waals surface area contributed by atoms with E-state index in [9.17, 15) is 13.2 Å². The van der Waals surface area contributed by atoms with Crippen LogP contribution in [0.5, 0.6) is 0 Å². The molecule has 0 aliphatic heterocycles. The third-order valence-corrected chi connectivity index (χ3v) is 5.27. The predicted octanol–water partition coefficient (Wildman–Crippen LogP) is 1.54. The maximum Gasteiger partial charge on any atom is 0.287 e. The molecule has 0 saturated heterocycles. The number of carbonyl (C=O) groups is 1. The Morgan fingerprint density at radius 2 is 1.93 bits per heavy atom. The molecule has 0 bridgehead atoms. The van der Waals surface area contributed by atoms with Gasteiger partial charge in [0, 0.05) is 25.5 Å². The van der Waals surface area contributed by atoms with Crippen molar-refractivity contribution in [2.75, 3.05) is 13.1 Å². The van der Waals surface area contributed by atoms with Gasteiger partial charge in [-0.1, -0.05) is 17.7 Å². The monoisotopic (exact) mass is 388 g/mol. The van der Waals surface area contributed by atoms with Crippen molar-refractivity contribution in [1.29, 1.82) is 0 Å². The van der Waals surface area contributed by atoms with Crippen molar-refractivity contribution in [2.45, 2.75) is 18.4 Å². The first-order valence-corrected chi connectivity index (χ1v) is 9.83. The Morgan fingerprint density at radius 3 is 2.63 bits per heavy atom.